The van der Waals surface area contributed by atoms with E-state index in [1.807, 2.05) is 0 Å². The number of fused-ring (bicyclic) bond motifs is 1. The second-order valence-electron chi connectivity index (χ2n) is 7.68. The molecule has 1 amide bonds. The molecule has 1 spiro atoms. The van der Waals surface area contributed by atoms with Crippen molar-refractivity contribution in [2.75, 3.05) is 21.1 Å². The highest BCUT2D eigenvalue weighted by Gasteiger charge is 2.48. The van der Waals surface area contributed by atoms with E-state index >= 15 is 0 Å². The first kappa shape index (κ1) is 18.4. The number of carbonyl (C=O) groups excluding carboxylic acids is 1. The van der Waals surface area contributed by atoms with Crippen LogP contribution < -0.4 is 5.73 Å². The molecule has 0 bridgehead atoms. The Morgan fingerprint density at radius 2 is 2.00 bits per heavy atom. The van der Waals surface area contributed by atoms with Crippen LogP contribution in [-0.4, -0.2) is 49.4 Å². The van der Waals surface area contributed by atoms with Gasteiger partial charge < -0.3 is 10.6 Å². The number of nitrogens with zero attached hydrogens (tertiary/aromatic N) is 3. The molecule has 3 rings (SSSR count). The third-order valence-electron chi connectivity index (χ3n) is 5.99. The molecule has 1 unspecified atom stereocenters. The molecule has 0 aromatic heterocycles. The van der Waals surface area contributed by atoms with Gasteiger partial charge in [0.05, 0.1) is 6.04 Å². The fraction of sp³-hybridized carbons (Fsp3) is 0.579. The van der Waals surface area contributed by atoms with Crippen molar-refractivity contribution in [2.45, 2.75) is 44.2 Å². The summed E-state index contributed by atoms with van der Waals surface area (Å²) in [5.41, 5.74) is 8.82. The Labute approximate surface area is 158 Å². The van der Waals surface area contributed by atoms with Gasteiger partial charge in [-0.15, -0.1) is 0 Å². The quantitative estimate of drug-likeness (QED) is 0.476. The fourth-order valence-corrected chi connectivity index (χ4v) is 4.79. The summed E-state index contributed by atoms with van der Waals surface area (Å²) in [6, 6.07) is 7.13. The highest BCUT2D eigenvalue weighted by atomic mass is 79.9. The van der Waals surface area contributed by atoms with Crippen molar-refractivity contribution in [2.24, 2.45) is 16.1 Å². The number of aliphatic imine (C=N–C) groups is 1. The molecule has 1 aromatic carbocycles. The van der Waals surface area contributed by atoms with Gasteiger partial charge in [-0.25, -0.2) is 4.99 Å². The van der Waals surface area contributed by atoms with Gasteiger partial charge in [-0.2, -0.15) is 0 Å². The first-order valence-corrected chi connectivity index (χ1v) is 9.62. The van der Waals surface area contributed by atoms with E-state index in [9.17, 15) is 4.79 Å². The van der Waals surface area contributed by atoms with E-state index in [0.29, 0.717) is 18.4 Å². The van der Waals surface area contributed by atoms with E-state index in [0.717, 1.165) is 23.7 Å². The van der Waals surface area contributed by atoms with Gasteiger partial charge in [0.25, 0.3) is 0 Å². The highest BCUT2D eigenvalue weighted by Crippen LogP contribution is 2.56. The van der Waals surface area contributed by atoms with Crippen molar-refractivity contribution in [3.05, 3.63) is 33.8 Å². The minimum absolute atomic E-state index is 0.0190. The fourth-order valence-electron chi connectivity index (χ4n) is 4.42. The maximum atomic E-state index is 11.1. The number of guanidine groups is 1. The highest BCUT2D eigenvalue weighted by molar-refractivity contribution is 9.10. The molecule has 2 aliphatic rings. The Kier molecular flexibility index (Phi) is 5.21. The van der Waals surface area contributed by atoms with Crippen LogP contribution in [0.5, 0.6) is 0 Å². The van der Waals surface area contributed by atoms with Gasteiger partial charge in [0.1, 0.15) is 0 Å². The van der Waals surface area contributed by atoms with E-state index in [2.05, 4.69) is 53.1 Å². The summed E-state index contributed by atoms with van der Waals surface area (Å²) in [5, 5.41) is 0. The molecular formula is C19H27BrN4O. The average molecular weight is 407 g/mol. The lowest BCUT2D eigenvalue weighted by Gasteiger charge is -2.42. The molecule has 136 valence electrons. The number of hydrogen-bond donors (Lipinski definition) is 1. The molecule has 1 fully saturated rings. The predicted molar refractivity (Wildman–Crippen MR) is 104 cm³/mol. The van der Waals surface area contributed by atoms with E-state index in [1.54, 1.807) is 7.05 Å². The Balaban J connectivity index is 1.97. The van der Waals surface area contributed by atoms with Crippen LogP contribution in [-0.2, 0) is 11.2 Å². The number of nitrogens with two attached hydrogens (primary N) is 1. The van der Waals surface area contributed by atoms with Gasteiger partial charge in [-0.05, 0) is 69.5 Å². The summed E-state index contributed by atoms with van der Waals surface area (Å²) in [5.74, 6) is 0.293. The maximum Gasteiger partial charge on any atom is 0.216 e. The molecule has 0 saturated heterocycles. The summed E-state index contributed by atoms with van der Waals surface area (Å²) in [4.78, 5) is 19.6. The van der Waals surface area contributed by atoms with Crippen LogP contribution in [0.1, 0.15) is 42.9 Å². The first-order chi connectivity index (χ1) is 11.9. The molecule has 1 atom stereocenters. The molecule has 1 aromatic rings. The standard InChI is InChI=1S/C19H27BrN4O/c1-23(2)15-6-8-19(9-7-15)11-13-4-5-14(20)10-16(13)17(19)22-18(21)24(3)12-25/h4-5,10,12,15,17H,6-9,11H2,1-3H3,(H2,21,22). The Morgan fingerprint density at radius 3 is 2.60 bits per heavy atom. The monoisotopic (exact) mass is 406 g/mol. The lowest BCUT2D eigenvalue weighted by molar-refractivity contribution is -0.114. The van der Waals surface area contributed by atoms with Gasteiger partial charge in [-0.1, -0.05) is 22.0 Å². The van der Waals surface area contributed by atoms with Crippen molar-refractivity contribution in [3.63, 3.8) is 0 Å². The number of benzene rings is 1. The second-order valence-corrected chi connectivity index (χ2v) is 8.60. The molecule has 0 radical (unpaired) electrons. The van der Waals surface area contributed by atoms with Crippen LogP contribution in [0.2, 0.25) is 0 Å². The van der Waals surface area contributed by atoms with Crippen LogP contribution in [0.3, 0.4) is 0 Å². The summed E-state index contributed by atoms with van der Waals surface area (Å²) in [7, 11) is 5.98. The Morgan fingerprint density at radius 1 is 1.32 bits per heavy atom. The average Bonchev–Trinajstić information content (AvgIpc) is 2.87. The molecule has 25 heavy (non-hydrogen) atoms. The summed E-state index contributed by atoms with van der Waals surface area (Å²) >= 11 is 3.59. The summed E-state index contributed by atoms with van der Waals surface area (Å²) in [6.45, 7) is 0. The van der Waals surface area contributed by atoms with E-state index < -0.39 is 0 Å². The van der Waals surface area contributed by atoms with Crippen LogP contribution in [0.4, 0.5) is 0 Å². The minimum Gasteiger partial charge on any atom is -0.369 e. The molecule has 0 heterocycles. The smallest absolute Gasteiger partial charge is 0.216 e. The number of hydrogen-bond acceptors (Lipinski definition) is 3. The number of carbonyl (C=O) groups is 1. The second kappa shape index (κ2) is 7.08. The van der Waals surface area contributed by atoms with Crippen LogP contribution in [0.15, 0.2) is 27.7 Å². The van der Waals surface area contributed by atoms with Gasteiger partial charge in [0.2, 0.25) is 6.41 Å². The molecule has 5 nitrogen and oxygen atoms in total. The number of rotatable bonds is 3. The number of halogens is 1. The number of amides is 1. The first-order valence-electron chi connectivity index (χ1n) is 8.82. The van der Waals surface area contributed by atoms with E-state index in [-0.39, 0.29) is 11.5 Å². The molecule has 2 aliphatic carbocycles. The van der Waals surface area contributed by atoms with Crippen molar-refractivity contribution in [3.8, 4) is 0 Å². The topological polar surface area (TPSA) is 61.9 Å². The largest absolute Gasteiger partial charge is 0.369 e. The lowest BCUT2D eigenvalue weighted by atomic mass is 9.68. The molecule has 0 aliphatic heterocycles. The Hall–Kier alpha value is -1.40. The summed E-state index contributed by atoms with van der Waals surface area (Å²) < 4.78 is 1.06. The Bertz CT molecular complexity index is 680. The van der Waals surface area contributed by atoms with E-state index in [4.69, 9.17) is 10.7 Å². The SMILES string of the molecule is CN(C=O)C(N)=NC1c2cc(Br)ccc2CC12CCC(N(C)C)CC2. The maximum absolute atomic E-state index is 11.1. The predicted octanol–water partition coefficient (Wildman–Crippen LogP) is 2.94. The van der Waals surface area contributed by atoms with Gasteiger partial charge >= 0.3 is 0 Å². The van der Waals surface area contributed by atoms with Crippen LogP contribution in [0, 0.1) is 5.41 Å². The van der Waals surface area contributed by atoms with Gasteiger partial charge in [-0.3, -0.25) is 9.69 Å². The normalized spacial score (nSPS) is 29.1. The van der Waals surface area contributed by atoms with Gasteiger partial charge in [0.15, 0.2) is 5.96 Å². The third-order valence-corrected chi connectivity index (χ3v) is 6.48. The van der Waals surface area contributed by atoms with Crippen molar-refractivity contribution in [1.29, 1.82) is 0 Å². The third kappa shape index (κ3) is 3.47. The minimum atomic E-state index is 0.0190. The van der Waals surface area contributed by atoms with Crippen molar-refractivity contribution >= 4 is 28.3 Å². The van der Waals surface area contributed by atoms with Crippen LogP contribution >= 0.6 is 15.9 Å². The lowest BCUT2D eigenvalue weighted by Crippen LogP contribution is -2.40. The van der Waals surface area contributed by atoms with Gasteiger partial charge in [0, 0.05) is 23.0 Å². The van der Waals surface area contributed by atoms with E-state index in [1.165, 1.54) is 28.9 Å². The van der Waals surface area contributed by atoms with Crippen molar-refractivity contribution in [1.82, 2.24) is 9.80 Å². The molecule has 1 saturated carbocycles. The molecule has 6 heteroatoms. The molecular weight excluding hydrogens is 380 g/mol. The zero-order valence-electron chi connectivity index (χ0n) is 15.2. The van der Waals surface area contributed by atoms with Crippen molar-refractivity contribution < 1.29 is 4.79 Å². The zero-order valence-corrected chi connectivity index (χ0v) is 16.8. The van der Waals surface area contributed by atoms with Crippen LogP contribution in [0.25, 0.3) is 0 Å². The zero-order chi connectivity index (χ0) is 18.2. The molecule has 2 N–H and O–H groups in total. The summed E-state index contributed by atoms with van der Waals surface area (Å²) in [6.07, 6.45) is 6.38.